The summed E-state index contributed by atoms with van der Waals surface area (Å²) < 4.78 is 6.40. The lowest BCUT2D eigenvalue weighted by Crippen LogP contribution is -2.30. The Labute approximate surface area is 173 Å². The summed E-state index contributed by atoms with van der Waals surface area (Å²) in [5.74, 6) is 0.989. The molecule has 2 aromatic carbocycles. The predicted octanol–water partition coefficient (Wildman–Crippen LogP) is 5.18. The van der Waals surface area contributed by atoms with Crippen molar-refractivity contribution in [1.29, 1.82) is 0 Å². The number of nitrogens with one attached hydrogen (secondary N) is 1. The Morgan fingerprint density at radius 3 is 2.70 bits per heavy atom. The Kier molecular flexibility index (Phi) is 6.33. The minimum Gasteiger partial charge on any atom is -0.508 e. The average Bonchev–Trinajstić information content (AvgIpc) is 3.41. The molecular weight excluding hydrogens is 430 g/mol. The first-order valence-corrected chi connectivity index (χ1v) is 10.2. The topological polar surface area (TPSA) is 58.6 Å². The van der Waals surface area contributed by atoms with Crippen molar-refractivity contribution >= 4 is 33.4 Å². The highest BCUT2D eigenvalue weighted by Gasteiger charge is 2.23. The lowest BCUT2D eigenvalue weighted by molar-refractivity contribution is -0.123. The highest BCUT2D eigenvalue weighted by Crippen LogP contribution is 2.34. The molecule has 1 amide bonds. The van der Waals surface area contributed by atoms with Gasteiger partial charge in [0, 0.05) is 22.0 Å². The highest BCUT2D eigenvalue weighted by molar-refractivity contribution is 9.10. The van der Waals surface area contributed by atoms with Gasteiger partial charge in [-0.05, 0) is 53.6 Å². The number of phenolic OH excluding ortho intramolecular Hbond substituents is 1. The number of phenols is 1. The number of rotatable bonds is 7. The van der Waals surface area contributed by atoms with Gasteiger partial charge in [-0.2, -0.15) is 0 Å². The van der Waals surface area contributed by atoms with Crippen LogP contribution < -0.4 is 10.1 Å². The standard InChI is InChI=1S/C21H23BrClNO3/c1-12(2)16-7-13(3-6-20(16)25)8-17-18(22)9-15(10-19(17)23)27-11-21(26)24-14-4-5-14/h3,6-7,9-10,12,14,25H,4-5,8,11H2,1-2H3,(H,24,26). The molecule has 1 aliphatic rings. The number of halogens is 2. The molecule has 0 radical (unpaired) electrons. The maximum absolute atomic E-state index is 11.8. The fourth-order valence-corrected chi connectivity index (χ4v) is 3.83. The van der Waals surface area contributed by atoms with E-state index < -0.39 is 0 Å². The Hall–Kier alpha value is -1.72. The molecule has 0 aliphatic heterocycles. The molecule has 0 unspecified atom stereocenters. The predicted molar refractivity (Wildman–Crippen MR) is 111 cm³/mol. The van der Waals surface area contributed by atoms with Gasteiger partial charge in [0.25, 0.3) is 5.91 Å². The van der Waals surface area contributed by atoms with Crippen LogP contribution in [0, 0.1) is 0 Å². The third kappa shape index (κ3) is 5.39. The molecule has 2 N–H and O–H groups in total. The molecule has 0 spiro atoms. The molecule has 0 saturated heterocycles. The second kappa shape index (κ2) is 8.53. The summed E-state index contributed by atoms with van der Waals surface area (Å²) in [7, 11) is 0. The largest absolute Gasteiger partial charge is 0.508 e. The summed E-state index contributed by atoms with van der Waals surface area (Å²) in [6.07, 6.45) is 2.73. The van der Waals surface area contributed by atoms with Crippen LogP contribution in [0.5, 0.6) is 11.5 Å². The normalized spacial score (nSPS) is 13.7. The molecule has 1 aliphatic carbocycles. The second-order valence-corrected chi connectivity index (χ2v) is 8.48. The molecule has 27 heavy (non-hydrogen) atoms. The molecule has 0 bridgehead atoms. The van der Waals surface area contributed by atoms with Gasteiger partial charge in [0.05, 0.1) is 0 Å². The van der Waals surface area contributed by atoms with Gasteiger partial charge in [-0.3, -0.25) is 4.79 Å². The van der Waals surface area contributed by atoms with Gasteiger partial charge in [0.1, 0.15) is 11.5 Å². The first kappa shape index (κ1) is 20.0. The number of carbonyl (C=O) groups is 1. The van der Waals surface area contributed by atoms with Crippen LogP contribution in [0.15, 0.2) is 34.8 Å². The smallest absolute Gasteiger partial charge is 0.258 e. The van der Waals surface area contributed by atoms with Crippen LogP contribution in [0.4, 0.5) is 0 Å². The van der Waals surface area contributed by atoms with Crippen LogP contribution in [0.2, 0.25) is 5.02 Å². The first-order valence-electron chi connectivity index (χ1n) is 9.05. The molecule has 0 heterocycles. The number of ether oxygens (including phenoxy) is 1. The van der Waals surface area contributed by atoms with E-state index in [1.807, 2.05) is 32.0 Å². The van der Waals surface area contributed by atoms with Crippen molar-refractivity contribution in [1.82, 2.24) is 5.32 Å². The van der Waals surface area contributed by atoms with E-state index >= 15 is 0 Å². The van der Waals surface area contributed by atoms with Gasteiger partial charge >= 0.3 is 0 Å². The van der Waals surface area contributed by atoms with E-state index in [4.69, 9.17) is 16.3 Å². The Balaban J connectivity index is 1.71. The van der Waals surface area contributed by atoms with E-state index in [2.05, 4.69) is 21.2 Å². The summed E-state index contributed by atoms with van der Waals surface area (Å²) in [6, 6.07) is 9.51. The number of aromatic hydroxyl groups is 1. The van der Waals surface area contributed by atoms with E-state index in [0.29, 0.717) is 29.0 Å². The fraction of sp³-hybridized carbons (Fsp3) is 0.381. The SMILES string of the molecule is CC(C)c1cc(Cc2c(Cl)cc(OCC(=O)NC3CC3)cc2Br)ccc1O. The number of benzene rings is 2. The molecule has 6 heteroatoms. The van der Waals surface area contributed by atoms with Gasteiger partial charge in [0.2, 0.25) is 0 Å². The minimum atomic E-state index is -0.112. The Morgan fingerprint density at radius 2 is 2.07 bits per heavy atom. The summed E-state index contributed by atoms with van der Waals surface area (Å²) in [6.45, 7) is 4.08. The van der Waals surface area contributed by atoms with Crippen LogP contribution in [-0.4, -0.2) is 23.7 Å². The van der Waals surface area contributed by atoms with E-state index in [-0.39, 0.29) is 18.4 Å². The molecule has 0 aromatic heterocycles. The van der Waals surface area contributed by atoms with E-state index in [1.54, 1.807) is 12.1 Å². The molecular formula is C21H23BrClNO3. The third-order valence-electron chi connectivity index (χ3n) is 4.52. The maximum Gasteiger partial charge on any atom is 0.258 e. The second-order valence-electron chi connectivity index (χ2n) is 7.22. The number of amides is 1. The van der Waals surface area contributed by atoms with E-state index in [0.717, 1.165) is 34.0 Å². The Morgan fingerprint density at radius 1 is 1.33 bits per heavy atom. The van der Waals surface area contributed by atoms with Gasteiger partial charge in [-0.15, -0.1) is 0 Å². The summed E-state index contributed by atoms with van der Waals surface area (Å²) >= 11 is 10.0. The Bertz CT molecular complexity index is 826. The lowest BCUT2D eigenvalue weighted by Gasteiger charge is -2.14. The van der Waals surface area contributed by atoms with Crippen LogP contribution in [0.25, 0.3) is 0 Å². The lowest BCUT2D eigenvalue weighted by atomic mass is 9.96. The summed E-state index contributed by atoms with van der Waals surface area (Å²) in [5, 5.41) is 13.5. The number of hydrogen-bond donors (Lipinski definition) is 2. The van der Waals surface area contributed by atoms with Crippen LogP contribution in [-0.2, 0) is 11.2 Å². The quantitative estimate of drug-likeness (QED) is 0.608. The zero-order valence-electron chi connectivity index (χ0n) is 15.4. The van der Waals surface area contributed by atoms with Crippen LogP contribution in [0.1, 0.15) is 49.3 Å². The first-order chi connectivity index (χ1) is 12.8. The van der Waals surface area contributed by atoms with Crippen molar-refractivity contribution in [2.45, 2.75) is 45.1 Å². The third-order valence-corrected chi connectivity index (χ3v) is 5.57. The monoisotopic (exact) mass is 451 g/mol. The van der Waals surface area contributed by atoms with Crippen molar-refractivity contribution in [3.05, 3.63) is 56.5 Å². The maximum atomic E-state index is 11.8. The molecule has 3 rings (SSSR count). The van der Waals surface area contributed by atoms with Gasteiger partial charge < -0.3 is 15.2 Å². The molecule has 4 nitrogen and oxygen atoms in total. The van der Waals surface area contributed by atoms with Crippen molar-refractivity contribution in [3.8, 4) is 11.5 Å². The molecule has 1 fully saturated rings. The minimum absolute atomic E-state index is 0.0195. The van der Waals surface area contributed by atoms with E-state index in [9.17, 15) is 9.90 Å². The van der Waals surface area contributed by atoms with Crippen LogP contribution in [0.3, 0.4) is 0 Å². The van der Waals surface area contributed by atoms with Crippen molar-refractivity contribution in [2.75, 3.05) is 6.61 Å². The number of hydrogen-bond acceptors (Lipinski definition) is 3. The molecule has 0 atom stereocenters. The summed E-state index contributed by atoms with van der Waals surface area (Å²) in [4.78, 5) is 11.8. The van der Waals surface area contributed by atoms with Gasteiger partial charge in [-0.1, -0.05) is 53.5 Å². The van der Waals surface area contributed by atoms with Crippen molar-refractivity contribution in [3.63, 3.8) is 0 Å². The van der Waals surface area contributed by atoms with Gasteiger partial charge in [0.15, 0.2) is 6.61 Å². The molecule has 1 saturated carbocycles. The van der Waals surface area contributed by atoms with Crippen molar-refractivity contribution < 1.29 is 14.6 Å². The zero-order chi connectivity index (χ0) is 19.6. The van der Waals surface area contributed by atoms with Gasteiger partial charge in [-0.25, -0.2) is 0 Å². The zero-order valence-corrected chi connectivity index (χ0v) is 17.7. The fourth-order valence-electron chi connectivity index (χ4n) is 2.86. The summed E-state index contributed by atoms with van der Waals surface area (Å²) in [5.41, 5.74) is 2.92. The molecule has 144 valence electrons. The highest BCUT2D eigenvalue weighted by atomic mass is 79.9. The number of carbonyl (C=O) groups excluding carboxylic acids is 1. The van der Waals surface area contributed by atoms with Crippen LogP contribution >= 0.6 is 27.5 Å². The molecule has 2 aromatic rings. The van der Waals surface area contributed by atoms with E-state index in [1.165, 1.54) is 0 Å². The van der Waals surface area contributed by atoms with Crippen molar-refractivity contribution in [2.24, 2.45) is 0 Å². The average molecular weight is 453 g/mol.